The number of ether oxygens (including phenoxy) is 2. The van der Waals surface area contributed by atoms with Crippen LogP contribution in [0.4, 0.5) is 0 Å². The summed E-state index contributed by atoms with van der Waals surface area (Å²) in [6.07, 6.45) is 0.399. The molecule has 0 unspecified atom stereocenters. The normalized spacial score (nSPS) is 26.6. The summed E-state index contributed by atoms with van der Waals surface area (Å²) in [7, 11) is 0. The second kappa shape index (κ2) is 4.55. The first-order valence-corrected chi connectivity index (χ1v) is 4.80. The molecule has 0 bridgehead atoms. The maximum Gasteiger partial charge on any atom is 0.162 e. The Morgan fingerprint density at radius 3 is 2.71 bits per heavy atom. The van der Waals surface area contributed by atoms with Gasteiger partial charge in [-0.1, -0.05) is 30.3 Å². The van der Waals surface area contributed by atoms with E-state index in [9.17, 15) is 0 Å². The molecule has 0 amide bonds. The number of aliphatic hydroxyl groups is 1. The minimum atomic E-state index is -0.199. The Bertz CT molecular complexity index is 273. The first-order chi connectivity index (χ1) is 6.88. The summed E-state index contributed by atoms with van der Waals surface area (Å²) >= 11 is 0. The van der Waals surface area contributed by atoms with Gasteiger partial charge in [-0.15, -0.1) is 0 Å². The maximum absolute atomic E-state index is 8.84. The standard InChI is InChI=1S/C11H14O3/c12-7-10-8-13-11(14-10)6-9-4-2-1-3-5-9/h1-5,10-12H,6-8H2/t10-,11+/m1/s1. The molecule has 1 aromatic rings. The van der Waals surface area contributed by atoms with Crippen LogP contribution in [-0.4, -0.2) is 30.7 Å². The molecule has 3 heteroatoms. The highest BCUT2D eigenvalue weighted by molar-refractivity contribution is 5.15. The number of benzene rings is 1. The van der Waals surface area contributed by atoms with E-state index in [0.29, 0.717) is 6.61 Å². The van der Waals surface area contributed by atoms with Gasteiger partial charge in [-0.3, -0.25) is 0 Å². The highest BCUT2D eigenvalue weighted by Crippen LogP contribution is 2.15. The summed E-state index contributed by atoms with van der Waals surface area (Å²) in [5.74, 6) is 0. The largest absolute Gasteiger partial charge is 0.394 e. The van der Waals surface area contributed by atoms with Gasteiger partial charge in [-0.05, 0) is 5.56 Å². The Kier molecular flexibility index (Phi) is 3.14. The van der Waals surface area contributed by atoms with E-state index in [2.05, 4.69) is 0 Å². The fraction of sp³-hybridized carbons (Fsp3) is 0.455. The lowest BCUT2D eigenvalue weighted by atomic mass is 10.1. The zero-order valence-electron chi connectivity index (χ0n) is 7.93. The summed E-state index contributed by atoms with van der Waals surface area (Å²) in [4.78, 5) is 0. The topological polar surface area (TPSA) is 38.7 Å². The second-order valence-electron chi connectivity index (χ2n) is 3.39. The van der Waals surface area contributed by atoms with Crippen molar-refractivity contribution >= 4 is 0 Å². The first-order valence-electron chi connectivity index (χ1n) is 4.80. The van der Waals surface area contributed by atoms with Crippen LogP contribution < -0.4 is 0 Å². The van der Waals surface area contributed by atoms with Gasteiger partial charge in [-0.25, -0.2) is 0 Å². The molecule has 0 saturated carbocycles. The number of hydrogen-bond donors (Lipinski definition) is 1. The third-order valence-corrected chi connectivity index (χ3v) is 2.26. The van der Waals surface area contributed by atoms with Crippen LogP contribution in [0, 0.1) is 0 Å². The van der Waals surface area contributed by atoms with Gasteiger partial charge in [-0.2, -0.15) is 0 Å². The highest BCUT2D eigenvalue weighted by Gasteiger charge is 2.25. The third-order valence-electron chi connectivity index (χ3n) is 2.26. The van der Waals surface area contributed by atoms with E-state index < -0.39 is 0 Å². The lowest BCUT2D eigenvalue weighted by Crippen LogP contribution is -2.17. The van der Waals surface area contributed by atoms with Crippen LogP contribution in [0.3, 0.4) is 0 Å². The van der Waals surface area contributed by atoms with Crippen LogP contribution in [0.15, 0.2) is 30.3 Å². The Morgan fingerprint density at radius 1 is 1.29 bits per heavy atom. The second-order valence-corrected chi connectivity index (χ2v) is 3.39. The van der Waals surface area contributed by atoms with Gasteiger partial charge in [0.05, 0.1) is 13.2 Å². The van der Waals surface area contributed by atoms with E-state index >= 15 is 0 Å². The third kappa shape index (κ3) is 2.32. The summed E-state index contributed by atoms with van der Waals surface area (Å²) in [6, 6.07) is 10.1. The van der Waals surface area contributed by atoms with Gasteiger partial charge >= 0.3 is 0 Å². The molecular weight excluding hydrogens is 180 g/mol. The van der Waals surface area contributed by atoms with Gasteiger partial charge < -0.3 is 14.6 Å². The minimum Gasteiger partial charge on any atom is -0.394 e. The molecule has 14 heavy (non-hydrogen) atoms. The first kappa shape index (κ1) is 9.65. The SMILES string of the molecule is OC[C@@H]1CO[C@H](Cc2ccccc2)O1. The zero-order valence-corrected chi connectivity index (χ0v) is 7.93. The van der Waals surface area contributed by atoms with E-state index in [1.165, 1.54) is 5.56 Å². The molecule has 0 aromatic heterocycles. The molecule has 2 rings (SSSR count). The summed E-state index contributed by atoms with van der Waals surface area (Å²) in [5, 5.41) is 8.84. The Hall–Kier alpha value is -0.900. The molecule has 1 aliphatic rings. The molecule has 1 saturated heterocycles. The van der Waals surface area contributed by atoms with Crippen LogP contribution in [0.2, 0.25) is 0 Å². The van der Waals surface area contributed by atoms with Gasteiger partial charge in [0.1, 0.15) is 6.10 Å². The van der Waals surface area contributed by atoms with Crippen molar-refractivity contribution in [1.29, 1.82) is 0 Å². The van der Waals surface area contributed by atoms with E-state index in [1.807, 2.05) is 30.3 Å². The van der Waals surface area contributed by atoms with Crippen molar-refractivity contribution in [1.82, 2.24) is 0 Å². The molecule has 1 aliphatic heterocycles. The van der Waals surface area contributed by atoms with Gasteiger partial charge in [0.25, 0.3) is 0 Å². The minimum absolute atomic E-state index is 0.0330. The Labute approximate surface area is 83.3 Å². The van der Waals surface area contributed by atoms with Crippen LogP contribution in [0.25, 0.3) is 0 Å². The molecule has 76 valence electrons. The number of hydrogen-bond acceptors (Lipinski definition) is 3. The zero-order chi connectivity index (χ0) is 9.80. The molecule has 0 spiro atoms. The molecule has 3 nitrogen and oxygen atoms in total. The fourth-order valence-corrected chi connectivity index (χ4v) is 1.52. The van der Waals surface area contributed by atoms with E-state index in [1.54, 1.807) is 0 Å². The lowest BCUT2D eigenvalue weighted by molar-refractivity contribution is -0.0632. The number of rotatable bonds is 3. The van der Waals surface area contributed by atoms with Gasteiger partial charge in [0.2, 0.25) is 0 Å². The van der Waals surface area contributed by atoms with E-state index in [0.717, 1.165) is 6.42 Å². The van der Waals surface area contributed by atoms with Crippen LogP contribution in [0.5, 0.6) is 0 Å². The smallest absolute Gasteiger partial charge is 0.162 e. The summed E-state index contributed by atoms with van der Waals surface area (Å²) < 4.78 is 10.8. The quantitative estimate of drug-likeness (QED) is 0.779. The lowest BCUT2D eigenvalue weighted by Gasteiger charge is -2.09. The van der Waals surface area contributed by atoms with Gasteiger partial charge in [0.15, 0.2) is 6.29 Å². The van der Waals surface area contributed by atoms with Crippen LogP contribution >= 0.6 is 0 Å². The van der Waals surface area contributed by atoms with E-state index in [4.69, 9.17) is 14.6 Å². The van der Waals surface area contributed by atoms with Crippen molar-refractivity contribution in [3.05, 3.63) is 35.9 Å². The van der Waals surface area contributed by atoms with Crippen molar-refractivity contribution in [2.24, 2.45) is 0 Å². The summed E-state index contributed by atoms with van der Waals surface area (Å²) in [5.41, 5.74) is 1.19. The van der Waals surface area contributed by atoms with Crippen molar-refractivity contribution in [2.45, 2.75) is 18.8 Å². The molecule has 1 aromatic carbocycles. The molecule has 2 atom stereocenters. The molecule has 0 aliphatic carbocycles. The van der Waals surface area contributed by atoms with Crippen LogP contribution in [-0.2, 0) is 15.9 Å². The molecule has 1 fully saturated rings. The van der Waals surface area contributed by atoms with Crippen molar-refractivity contribution < 1.29 is 14.6 Å². The van der Waals surface area contributed by atoms with Crippen molar-refractivity contribution in [3.8, 4) is 0 Å². The molecule has 0 radical (unpaired) electrons. The van der Waals surface area contributed by atoms with Crippen molar-refractivity contribution in [3.63, 3.8) is 0 Å². The molecule has 1 N–H and O–H groups in total. The Morgan fingerprint density at radius 2 is 2.07 bits per heavy atom. The fourth-order valence-electron chi connectivity index (χ4n) is 1.52. The molecular formula is C11H14O3. The predicted octanol–water partition coefficient (Wildman–Crippen LogP) is 0.963. The summed E-state index contributed by atoms with van der Waals surface area (Å²) in [6.45, 7) is 0.527. The Balaban J connectivity index is 1.88. The van der Waals surface area contributed by atoms with Crippen LogP contribution in [0.1, 0.15) is 5.56 Å². The van der Waals surface area contributed by atoms with Crippen molar-refractivity contribution in [2.75, 3.05) is 13.2 Å². The maximum atomic E-state index is 8.84. The number of aliphatic hydroxyl groups excluding tert-OH is 1. The average molecular weight is 194 g/mol. The highest BCUT2D eigenvalue weighted by atomic mass is 16.7. The van der Waals surface area contributed by atoms with E-state index in [-0.39, 0.29) is 19.0 Å². The monoisotopic (exact) mass is 194 g/mol. The molecule has 1 heterocycles. The van der Waals surface area contributed by atoms with Gasteiger partial charge in [0, 0.05) is 6.42 Å². The predicted molar refractivity (Wildman–Crippen MR) is 51.8 cm³/mol. The average Bonchev–Trinajstić information content (AvgIpc) is 2.67.